The van der Waals surface area contributed by atoms with Gasteiger partial charge in [0.05, 0.1) is 6.54 Å². The Bertz CT molecular complexity index is 572. The van der Waals surface area contributed by atoms with Gasteiger partial charge in [0.2, 0.25) is 0 Å². The van der Waals surface area contributed by atoms with Crippen LogP contribution >= 0.6 is 0 Å². The predicted molar refractivity (Wildman–Crippen MR) is 113 cm³/mol. The maximum absolute atomic E-state index is 10.8. The van der Waals surface area contributed by atoms with E-state index in [0.29, 0.717) is 6.54 Å². The summed E-state index contributed by atoms with van der Waals surface area (Å²) in [5, 5.41) is 0. The molecule has 0 saturated carbocycles. The summed E-state index contributed by atoms with van der Waals surface area (Å²) in [5.74, 6) is 0. The molecule has 0 aliphatic rings. The van der Waals surface area contributed by atoms with E-state index in [0.717, 1.165) is 49.9 Å². The van der Waals surface area contributed by atoms with Crippen molar-refractivity contribution in [1.82, 2.24) is 4.90 Å². The number of aliphatic imine (C=N–C) groups is 1. The second-order valence-electron chi connectivity index (χ2n) is 7.00. The number of unbranched alkanes of at least 4 members (excludes halogenated alkanes) is 2. The maximum atomic E-state index is 10.8. The number of hydrogen-bond acceptors (Lipinski definition) is 3. The normalized spacial score (nSPS) is 12.7. The van der Waals surface area contributed by atoms with Crippen molar-refractivity contribution in [3.8, 4) is 0 Å². The molecule has 3 nitrogen and oxygen atoms in total. The first-order valence-electron chi connectivity index (χ1n) is 10.1. The summed E-state index contributed by atoms with van der Waals surface area (Å²) in [7, 11) is 0. The monoisotopic (exact) mass is 356 g/mol. The topological polar surface area (TPSA) is 32.7 Å². The van der Waals surface area contributed by atoms with Crippen molar-refractivity contribution in [2.75, 3.05) is 19.6 Å². The molecule has 3 heteroatoms. The molecule has 0 unspecified atom stereocenters. The number of benzene rings is 1. The molecule has 0 saturated heterocycles. The fraction of sp³-hybridized carbons (Fsp3) is 0.565. The lowest BCUT2D eigenvalue weighted by Gasteiger charge is -2.19. The van der Waals surface area contributed by atoms with Gasteiger partial charge in [0, 0.05) is 11.9 Å². The lowest BCUT2D eigenvalue weighted by Crippen LogP contribution is -2.28. The van der Waals surface area contributed by atoms with Crippen molar-refractivity contribution in [2.45, 2.75) is 66.2 Å². The van der Waals surface area contributed by atoms with Gasteiger partial charge in [-0.2, -0.15) is 0 Å². The molecule has 0 aliphatic carbocycles. The number of rotatable bonds is 13. The van der Waals surface area contributed by atoms with E-state index in [1.54, 1.807) is 0 Å². The van der Waals surface area contributed by atoms with Gasteiger partial charge in [-0.15, -0.1) is 0 Å². The molecule has 1 rings (SSSR count). The van der Waals surface area contributed by atoms with Crippen molar-refractivity contribution in [1.29, 1.82) is 0 Å². The predicted octanol–water partition coefficient (Wildman–Crippen LogP) is 5.43. The largest absolute Gasteiger partial charge is 0.302 e. The number of aryl methyl sites for hydroxylation is 1. The van der Waals surface area contributed by atoms with Gasteiger partial charge in [0.1, 0.15) is 6.29 Å². The van der Waals surface area contributed by atoms with Crippen molar-refractivity contribution < 1.29 is 4.79 Å². The fourth-order valence-electron chi connectivity index (χ4n) is 2.85. The summed E-state index contributed by atoms with van der Waals surface area (Å²) in [6.45, 7) is 11.2. The zero-order valence-electron chi connectivity index (χ0n) is 17.1. The van der Waals surface area contributed by atoms with Crippen LogP contribution < -0.4 is 0 Å². The first kappa shape index (κ1) is 22.3. The molecule has 1 aromatic rings. The lowest BCUT2D eigenvalue weighted by atomic mass is 10.1. The molecule has 144 valence electrons. The number of carbonyl (C=O) groups excluding carboxylic acids is 1. The molecular weight excluding hydrogens is 320 g/mol. The van der Waals surface area contributed by atoms with E-state index in [1.807, 2.05) is 6.21 Å². The Morgan fingerprint density at radius 3 is 2.35 bits per heavy atom. The van der Waals surface area contributed by atoms with Gasteiger partial charge in [-0.3, -0.25) is 9.89 Å². The van der Waals surface area contributed by atoms with Gasteiger partial charge in [0.25, 0.3) is 0 Å². The smallest absolute Gasteiger partial charge is 0.133 e. The van der Waals surface area contributed by atoms with Crippen LogP contribution in [0.1, 0.15) is 70.9 Å². The highest BCUT2D eigenvalue weighted by Gasteiger charge is 2.04. The Morgan fingerprint density at radius 1 is 1.04 bits per heavy atom. The highest BCUT2D eigenvalue weighted by atomic mass is 16.1. The summed E-state index contributed by atoms with van der Waals surface area (Å²) in [6.07, 6.45) is 9.77. The third kappa shape index (κ3) is 9.10. The Morgan fingerprint density at radius 2 is 1.73 bits per heavy atom. The van der Waals surface area contributed by atoms with Gasteiger partial charge in [0.15, 0.2) is 0 Å². The molecule has 0 aromatic heterocycles. The molecule has 0 amide bonds. The lowest BCUT2D eigenvalue weighted by molar-refractivity contribution is -0.108. The molecule has 1 aromatic carbocycles. The minimum absolute atomic E-state index is 0.553. The Labute approximate surface area is 160 Å². The van der Waals surface area contributed by atoms with Gasteiger partial charge in [-0.25, -0.2) is 0 Å². The highest BCUT2D eigenvalue weighted by Crippen LogP contribution is 2.13. The zero-order valence-corrected chi connectivity index (χ0v) is 17.1. The second kappa shape index (κ2) is 13.5. The first-order chi connectivity index (χ1) is 12.6. The van der Waals surface area contributed by atoms with E-state index in [2.05, 4.69) is 61.9 Å². The van der Waals surface area contributed by atoms with Crippen LogP contribution in [0.25, 0.3) is 0 Å². The summed E-state index contributed by atoms with van der Waals surface area (Å²) in [6, 6.07) is 8.57. The van der Waals surface area contributed by atoms with Crippen molar-refractivity contribution in [3.63, 3.8) is 0 Å². The van der Waals surface area contributed by atoms with Gasteiger partial charge in [-0.05, 0) is 63.7 Å². The third-order valence-corrected chi connectivity index (χ3v) is 4.85. The quantitative estimate of drug-likeness (QED) is 0.268. The second-order valence-corrected chi connectivity index (χ2v) is 7.00. The van der Waals surface area contributed by atoms with E-state index >= 15 is 0 Å². The van der Waals surface area contributed by atoms with Crippen molar-refractivity contribution in [2.24, 2.45) is 4.99 Å². The molecule has 0 spiro atoms. The minimum Gasteiger partial charge on any atom is -0.302 e. The third-order valence-electron chi connectivity index (χ3n) is 4.85. The van der Waals surface area contributed by atoms with Gasteiger partial charge in [-0.1, -0.05) is 56.5 Å². The van der Waals surface area contributed by atoms with Crippen LogP contribution in [0.5, 0.6) is 0 Å². The van der Waals surface area contributed by atoms with E-state index in [4.69, 9.17) is 0 Å². The van der Waals surface area contributed by atoms with E-state index < -0.39 is 0 Å². The average Bonchev–Trinajstić information content (AvgIpc) is 2.66. The van der Waals surface area contributed by atoms with Crippen LogP contribution in [0, 0.1) is 0 Å². The van der Waals surface area contributed by atoms with Gasteiger partial charge < -0.3 is 4.79 Å². The van der Waals surface area contributed by atoms with Gasteiger partial charge >= 0.3 is 0 Å². The van der Waals surface area contributed by atoms with Crippen LogP contribution in [-0.2, 0) is 11.2 Å². The Hall–Kier alpha value is -1.74. The van der Waals surface area contributed by atoms with Crippen LogP contribution in [0.2, 0.25) is 0 Å². The molecule has 0 aliphatic heterocycles. The summed E-state index contributed by atoms with van der Waals surface area (Å²) in [4.78, 5) is 17.7. The zero-order chi connectivity index (χ0) is 19.2. The Balaban J connectivity index is 2.47. The van der Waals surface area contributed by atoms with Crippen molar-refractivity contribution in [3.05, 3.63) is 46.7 Å². The number of nitrogens with zero attached hydrogens (tertiary/aromatic N) is 2. The standard InChI is InChI=1S/C23H36N2O/c1-5-7-8-15-25(17-18-26)16-9-10-20(3)21(4)24-19-23-13-11-22(6-2)12-14-23/h11-14,18-19H,5-10,15-17H2,1-4H3/b21-20+,24-19+. The molecule has 0 atom stereocenters. The molecule has 0 N–H and O–H groups in total. The molecule has 0 bridgehead atoms. The average molecular weight is 357 g/mol. The first-order valence-corrected chi connectivity index (χ1v) is 10.1. The minimum atomic E-state index is 0.553. The summed E-state index contributed by atoms with van der Waals surface area (Å²) >= 11 is 0. The summed E-state index contributed by atoms with van der Waals surface area (Å²) < 4.78 is 0. The van der Waals surface area contributed by atoms with Crippen LogP contribution in [0.4, 0.5) is 0 Å². The summed E-state index contributed by atoms with van der Waals surface area (Å²) in [5.41, 5.74) is 4.91. The number of carbonyl (C=O) groups is 1. The van der Waals surface area contributed by atoms with E-state index in [9.17, 15) is 4.79 Å². The fourth-order valence-corrected chi connectivity index (χ4v) is 2.85. The number of hydrogen-bond donors (Lipinski definition) is 0. The van der Waals surface area contributed by atoms with Crippen molar-refractivity contribution >= 4 is 12.5 Å². The molecule has 0 radical (unpaired) electrons. The van der Waals surface area contributed by atoms with Crippen LogP contribution in [0.15, 0.2) is 40.5 Å². The molecular formula is C23H36N2O. The number of aldehydes is 1. The highest BCUT2D eigenvalue weighted by molar-refractivity contribution is 5.80. The van der Waals surface area contributed by atoms with E-state index in [1.165, 1.54) is 30.4 Å². The number of allylic oxidation sites excluding steroid dienone is 2. The molecule has 0 fully saturated rings. The Kier molecular flexibility index (Phi) is 11.5. The SMILES string of the molecule is CCCCCN(CC=O)CCC/C(C)=C(C)/N=C/c1ccc(CC)cc1. The van der Waals surface area contributed by atoms with E-state index in [-0.39, 0.29) is 0 Å². The molecule has 0 heterocycles. The molecule has 26 heavy (non-hydrogen) atoms. The van der Waals surface area contributed by atoms with Crippen LogP contribution in [0.3, 0.4) is 0 Å². The van der Waals surface area contributed by atoms with Crippen LogP contribution in [-0.4, -0.2) is 37.0 Å². The maximum Gasteiger partial charge on any atom is 0.133 e.